The number of anilines is 1. The van der Waals surface area contributed by atoms with Crippen molar-refractivity contribution in [3.05, 3.63) is 64.7 Å². The van der Waals surface area contributed by atoms with Crippen molar-refractivity contribution in [2.24, 2.45) is 0 Å². The molecule has 0 aliphatic heterocycles. The minimum Gasteiger partial charge on any atom is -0.457 e. The summed E-state index contributed by atoms with van der Waals surface area (Å²) in [6, 6.07) is 13.7. The highest BCUT2D eigenvalue weighted by Crippen LogP contribution is 2.20. The van der Waals surface area contributed by atoms with E-state index in [-0.39, 0.29) is 31.1 Å². The molecule has 0 unspecified atom stereocenters. The van der Waals surface area contributed by atoms with Gasteiger partial charge >= 0.3 is 5.97 Å². The number of hydrogen-bond donors (Lipinski definition) is 1. The molecule has 6 heteroatoms. The fourth-order valence-electron chi connectivity index (χ4n) is 2.04. The number of esters is 1. The van der Waals surface area contributed by atoms with E-state index in [0.29, 0.717) is 16.3 Å². The van der Waals surface area contributed by atoms with E-state index >= 15 is 0 Å². The Hall–Kier alpha value is -2.66. The Morgan fingerprint density at radius 3 is 2.44 bits per heavy atom. The summed E-state index contributed by atoms with van der Waals surface area (Å²) in [5, 5.41) is 3.21. The van der Waals surface area contributed by atoms with Gasteiger partial charge in [-0.15, -0.1) is 0 Å². The number of aryl methyl sites for hydroxylation is 1. The molecule has 0 atom stereocenters. The molecule has 1 N–H and O–H groups in total. The topological polar surface area (TPSA) is 72.5 Å². The van der Waals surface area contributed by atoms with Gasteiger partial charge in [-0.25, -0.2) is 0 Å². The van der Waals surface area contributed by atoms with Crippen LogP contribution in [0.3, 0.4) is 0 Å². The molecule has 0 heterocycles. The molecule has 130 valence electrons. The zero-order chi connectivity index (χ0) is 18.2. The van der Waals surface area contributed by atoms with E-state index < -0.39 is 5.97 Å². The molecule has 0 saturated heterocycles. The first-order valence-electron chi connectivity index (χ1n) is 7.75. The molecule has 0 aliphatic rings. The van der Waals surface area contributed by atoms with Crippen molar-refractivity contribution in [2.45, 2.75) is 19.8 Å². The highest BCUT2D eigenvalue weighted by Gasteiger charge is 2.12. The number of carbonyl (C=O) groups is 3. The average Bonchev–Trinajstić information content (AvgIpc) is 2.61. The number of amides is 1. The number of hydrogen-bond acceptors (Lipinski definition) is 4. The van der Waals surface area contributed by atoms with Crippen LogP contribution >= 0.6 is 11.6 Å². The van der Waals surface area contributed by atoms with Crippen LogP contribution in [0.1, 0.15) is 28.8 Å². The molecule has 0 spiro atoms. The minimum atomic E-state index is -0.596. The van der Waals surface area contributed by atoms with Crippen molar-refractivity contribution < 1.29 is 19.1 Å². The number of nitrogens with one attached hydrogen (secondary N) is 1. The van der Waals surface area contributed by atoms with Crippen LogP contribution in [0.25, 0.3) is 0 Å². The lowest BCUT2D eigenvalue weighted by Crippen LogP contribution is -2.17. The van der Waals surface area contributed by atoms with E-state index in [1.165, 1.54) is 0 Å². The predicted octanol–water partition coefficient (Wildman–Crippen LogP) is 3.79. The first-order valence-corrected chi connectivity index (χ1v) is 8.13. The van der Waals surface area contributed by atoms with E-state index in [0.717, 1.165) is 5.56 Å². The summed E-state index contributed by atoms with van der Waals surface area (Å²) in [6.07, 6.45) is -0.142. The molecule has 1 amide bonds. The van der Waals surface area contributed by atoms with E-state index in [1.54, 1.807) is 48.5 Å². The summed E-state index contributed by atoms with van der Waals surface area (Å²) >= 11 is 5.99. The van der Waals surface area contributed by atoms with Crippen molar-refractivity contribution in [1.82, 2.24) is 0 Å². The van der Waals surface area contributed by atoms with Gasteiger partial charge in [-0.05, 0) is 24.6 Å². The van der Waals surface area contributed by atoms with Crippen LogP contribution in [0.4, 0.5) is 5.69 Å². The maximum absolute atomic E-state index is 11.8. The van der Waals surface area contributed by atoms with Gasteiger partial charge in [0.2, 0.25) is 5.91 Å². The van der Waals surface area contributed by atoms with Crippen molar-refractivity contribution in [3.63, 3.8) is 0 Å². The molecule has 2 aromatic rings. The molecule has 0 aliphatic carbocycles. The quantitative estimate of drug-likeness (QED) is 0.603. The van der Waals surface area contributed by atoms with Gasteiger partial charge in [-0.2, -0.15) is 0 Å². The third-order valence-electron chi connectivity index (χ3n) is 3.47. The molecule has 2 aromatic carbocycles. The summed E-state index contributed by atoms with van der Waals surface area (Å²) < 4.78 is 4.90. The van der Waals surface area contributed by atoms with E-state index in [9.17, 15) is 14.4 Å². The molecule has 0 fully saturated rings. The van der Waals surface area contributed by atoms with Crippen LogP contribution in [-0.2, 0) is 14.3 Å². The lowest BCUT2D eigenvalue weighted by molar-refractivity contribution is -0.143. The van der Waals surface area contributed by atoms with Crippen LogP contribution in [0, 0.1) is 6.92 Å². The number of ketones is 1. The molecule has 2 rings (SSSR count). The van der Waals surface area contributed by atoms with Gasteiger partial charge < -0.3 is 10.1 Å². The fourth-order valence-corrected chi connectivity index (χ4v) is 2.22. The number of ether oxygens (including phenoxy) is 1. The highest BCUT2D eigenvalue weighted by molar-refractivity contribution is 6.31. The standard InChI is InChI=1S/C19H18ClNO4/c1-13-7-8-15(11-16(13)20)21-18(23)9-10-19(24)25-12-17(22)14-5-3-2-4-6-14/h2-8,11H,9-10,12H2,1H3,(H,21,23). The molecule has 0 aromatic heterocycles. The second kappa shape index (κ2) is 8.99. The number of rotatable bonds is 7. The van der Waals surface area contributed by atoms with Gasteiger partial charge in [0, 0.05) is 22.7 Å². The number of Topliss-reactive ketones (excluding diaryl/α,β-unsaturated/α-hetero) is 1. The molecule has 0 bridgehead atoms. The Bertz CT molecular complexity index is 774. The SMILES string of the molecule is Cc1ccc(NC(=O)CCC(=O)OCC(=O)c2ccccc2)cc1Cl. The first-order chi connectivity index (χ1) is 12.0. The number of benzene rings is 2. The fraction of sp³-hybridized carbons (Fsp3) is 0.211. The van der Waals surface area contributed by atoms with Gasteiger partial charge in [0.15, 0.2) is 12.4 Å². The van der Waals surface area contributed by atoms with E-state index in [1.807, 2.05) is 6.92 Å². The van der Waals surface area contributed by atoms with E-state index in [2.05, 4.69) is 5.32 Å². The Morgan fingerprint density at radius 1 is 1.04 bits per heavy atom. The van der Waals surface area contributed by atoms with Crippen LogP contribution < -0.4 is 5.32 Å². The molecule has 0 saturated carbocycles. The predicted molar refractivity (Wildman–Crippen MR) is 95.8 cm³/mol. The Morgan fingerprint density at radius 2 is 1.76 bits per heavy atom. The summed E-state index contributed by atoms with van der Waals surface area (Å²) in [7, 11) is 0. The van der Waals surface area contributed by atoms with Gasteiger partial charge in [-0.3, -0.25) is 14.4 Å². The Balaban J connectivity index is 1.73. The normalized spacial score (nSPS) is 10.2. The third kappa shape index (κ3) is 6.04. The van der Waals surface area contributed by atoms with Gasteiger partial charge in [-0.1, -0.05) is 48.0 Å². The van der Waals surface area contributed by atoms with Gasteiger partial charge in [0.1, 0.15) is 0 Å². The monoisotopic (exact) mass is 359 g/mol. The second-order valence-corrected chi connectivity index (χ2v) is 5.87. The minimum absolute atomic E-state index is 0.0378. The second-order valence-electron chi connectivity index (χ2n) is 5.46. The summed E-state index contributed by atoms with van der Waals surface area (Å²) in [6.45, 7) is 1.53. The summed E-state index contributed by atoms with van der Waals surface area (Å²) in [5.74, 6) is -1.21. The van der Waals surface area contributed by atoms with Crippen molar-refractivity contribution in [1.29, 1.82) is 0 Å². The summed E-state index contributed by atoms with van der Waals surface area (Å²) in [4.78, 5) is 35.3. The average molecular weight is 360 g/mol. The number of carbonyl (C=O) groups excluding carboxylic acids is 3. The first kappa shape index (κ1) is 18.7. The molecular formula is C19H18ClNO4. The zero-order valence-electron chi connectivity index (χ0n) is 13.8. The largest absolute Gasteiger partial charge is 0.457 e. The van der Waals surface area contributed by atoms with Crippen molar-refractivity contribution >= 4 is 34.9 Å². The molecular weight excluding hydrogens is 342 g/mol. The summed E-state index contributed by atoms with van der Waals surface area (Å²) in [5.41, 5.74) is 1.95. The van der Waals surface area contributed by atoms with Gasteiger partial charge in [0.05, 0.1) is 6.42 Å². The third-order valence-corrected chi connectivity index (χ3v) is 3.88. The Kier molecular flexibility index (Phi) is 6.71. The molecule has 0 radical (unpaired) electrons. The lowest BCUT2D eigenvalue weighted by Gasteiger charge is -2.07. The number of halogens is 1. The van der Waals surface area contributed by atoms with Crippen molar-refractivity contribution in [2.75, 3.05) is 11.9 Å². The Labute approximate surface area is 150 Å². The van der Waals surface area contributed by atoms with Crippen LogP contribution in [0.2, 0.25) is 5.02 Å². The van der Waals surface area contributed by atoms with Crippen LogP contribution in [0.15, 0.2) is 48.5 Å². The maximum Gasteiger partial charge on any atom is 0.306 e. The molecule has 5 nitrogen and oxygen atoms in total. The smallest absolute Gasteiger partial charge is 0.306 e. The van der Waals surface area contributed by atoms with Gasteiger partial charge in [0.25, 0.3) is 0 Å². The van der Waals surface area contributed by atoms with Crippen LogP contribution in [-0.4, -0.2) is 24.3 Å². The lowest BCUT2D eigenvalue weighted by atomic mass is 10.1. The van der Waals surface area contributed by atoms with E-state index in [4.69, 9.17) is 16.3 Å². The van der Waals surface area contributed by atoms with Crippen LogP contribution in [0.5, 0.6) is 0 Å². The highest BCUT2D eigenvalue weighted by atomic mass is 35.5. The maximum atomic E-state index is 11.8. The zero-order valence-corrected chi connectivity index (χ0v) is 14.5. The molecule has 25 heavy (non-hydrogen) atoms. The van der Waals surface area contributed by atoms with Crippen molar-refractivity contribution in [3.8, 4) is 0 Å².